The third-order valence-corrected chi connectivity index (χ3v) is 5.12. The molecule has 1 aromatic carbocycles. The second kappa shape index (κ2) is 5.74. The SMILES string of the molecule is CC(=O)[C@@H]1[C@H](c2ccc(N(C)C)cc2)c2c(n[nH]c2C)C[C@]1(C)O. The number of aromatic amines is 1. The van der Waals surface area contributed by atoms with Crippen LogP contribution in [0.2, 0.25) is 0 Å². The zero-order valence-corrected chi connectivity index (χ0v) is 14.9. The topological polar surface area (TPSA) is 69.2 Å². The smallest absolute Gasteiger partial charge is 0.136 e. The molecule has 0 saturated carbocycles. The van der Waals surface area contributed by atoms with E-state index < -0.39 is 11.5 Å². The van der Waals surface area contributed by atoms with Crippen LogP contribution in [0.25, 0.3) is 0 Å². The number of carbonyl (C=O) groups is 1. The summed E-state index contributed by atoms with van der Waals surface area (Å²) in [7, 11) is 3.99. The number of nitrogens with zero attached hydrogens (tertiary/aromatic N) is 2. The quantitative estimate of drug-likeness (QED) is 0.908. The van der Waals surface area contributed by atoms with Gasteiger partial charge in [0, 0.05) is 43.4 Å². The van der Waals surface area contributed by atoms with Gasteiger partial charge < -0.3 is 10.0 Å². The summed E-state index contributed by atoms with van der Waals surface area (Å²) < 4.78 is 0. The first-order chi connectivity index (χ1) is 11.2. The van der Waals surface area contributed by atoms with Crippen molar-refractivity contribution < 1.29 is 9.90 Å². The van der Waals surface area contributed by atoms with Crippen molar-refractivity contribution in [3.63, 3.8) is 0 Å². The van der Waals surface area contributed by atoms with Crippen LogP contribution < -0.4 is 4.90 Å². The number of aryl methyl sites for hydroxylation is 1. The van der Waals surface area contributed by atoms with Crippen LogP contribution in [-0.2, 0) is 11.2 Å². The summed E-state index contributed by atoms with van der Waals surface area (Å²) in [5, 5.41) is 18.3. The van der Waals surface area contributed by atoms with Crippen LogP contribution in [0.15, 0.2) is 24.3 Å². The summed E-state index contributed by atoms with van der Waals surface area (Å²) in [4.78, 5) is 14.5. The van der Waals surface area contributed by atoms with Gasteiger partial charge in [0.1, 0.15) is 5.78 Å². The first-order valence-electron chi connectivity index (χ1n) is 8.26. The molecule has 0 saturated heterocycles. The van der Waals surface area contributed by atoms with Crippen molar-refractivity contribution in [3.8, 4) is 0 Å². The molecule has 1 aromatic heterocycles. The number of rotatable bonds is 3. The number of fused-ring (bicyclic) bond motifs is 1. The fourth-order valence-electron chi connectivity index (χ4n) is 4.02. The van der Waals surface area contributed by atoms with E-state index in [9.17, 15) is 9.90 Å². The molecule has 1 aliphatic carbocycles. The van der Waals surface area contributed by atoms with Crippen LogP contribution in [0.3, 0.4) is 0 Å². The molecule has 5 nitrogen and oxygen atoms in total. The lowest BCUT2D eigenvalue weighted by Crippen LogP contribution is -2.48. The van der Waals surface area contributed by atoms with Crippen molar-refractivity contribution in [1.29, 1.82) is 0 Å². The number of carbonyl (C=O) groups excluding carboxylic acids is 1. The van der Waals surface area contributed by atoms with Crippen molar-refractivity contribution in [2.24, 2.45) is 5.92 Å². The lowest BCUT2D eigenvalue weighted by Gasteiger charge is -2.41. The van der Waals surface area contributed by atoms with Crippen LogP contribution in [0.1, 0.15) is 42.3 Å². The zero-order valence-electron chi connectivity index (χ0n) is 14.9. The molecule has 1 aliphatic rings. The average Bonchev–Trinajstić information content (AvgIpc) is 2.85. The molecule has 128 valence electrons. The number of anilines is 1. The first kappa shape index (κ1) is 16.7. The number of aromatic nitrogens is 2. The standard InChI is InChI=1S/C19H25N3O2/c1-11-16-15(21-20-11)10-19(3,24)18(12(2)23)17(16)13-6-8-14(9-7-13)22(4)5/h6-9,17-18,24H,10H2,1-5H3,(H,20,21)/t17-,18-,19+/m1/s1. The van der Waals surface area contributed by atoms with Crippen LogP contribution in [0.5, 0.6) is 0 Å². The molecule has 0 unspecified atom stereocenters. The molecule has 0 spiro atoms. The Bertz CT molecular complexity index is 759. The van der Waals surface area contributed by atoms with Gasteiger partial charge in [0.05, 0.1) is 17.2 Å². The summed E-state index contributed by atoms with van der Waals surface area (Å²) in [6.07, 6.45) is 0.392. The minimum absolute atomic E-state index is 0.00735. The highest BCUT2D eigenvalue weighted by Gasteiger charge is 2.48. The maximum Gasteiger partial charge on any atom is 0.136 e. The molecule has 2 N–H and O–H groups in total. The normalized spacial score (nSPS) is 26.1. The van der Waals surface area contributed by atoms with E-state index in [0.717, 1.165) is 28.2 Å². The van der Waals surface area contributed by atoms with E-state index in [1.807, 2.05) is 50.2 Å². The van der Waals surface area contributed by atoms with Gasteiger partial charge in [0.15, 0.2) is 0 Å². The summed E-state index contributed by atoms with van der Waals surface area (Å²) in [5.41, 5.74) is 3.91. The lowest BCUT2D eigenvalue weighted by atomic mass is 9.64. The van der Waals surface area contributed by atoms with Crippen molar-refractivity contribution in [1.82, 2.24) is 10.2 Å². The van der Waals surface area contributed by atoms with Crippen molar-refractivity contribution in [2.75, 3.05) is 19.0 Å². The monoisotopic (exact) mass is 327 g/mol. The molecular formula is C19H25N3O2. The fraction of sp³-hybridized carbons (Fsp3) is 0.474. The lowest BCUT2D eigenvalue weighted by molar-refractivity contribution is -0.130. The Kier molecular flexibility index (Phi) is 4.00. The number of nitrogens with one attached hydrogen (secondary N) is 1. The molecule has 2 aromatic rings. The molecule has 0 bridgehead atoms. The van der Waals surface area contributed by atoms with Crippen molar-refractivity contribution in [3.05, 3.63) is 46.8 Å². The molecule has 3 atom stereocenters. The minimum atomic E-state index is -1.11. The Hall–Kier alpha value is -2.14. The Morgan fingerprint density at radius 2 is 1.96 bits per heavy atom. The van der Waals surface area contributed by atoms with Gasteiger partial charge in [0.2, 0.25) is 0 Å². The van der Waals surface area contributed by atoms with E-state index in [2.05, 4.69) is 10.2 Å². The largest absolute Gasteiger partial charge is 0.389 e. The first-order valence-corrected chi connectivity index (χ1v) is 8.26. The number of hydrogen-bond donors (Lipinski definition) is 2. The van der Waals surface area contributed by atoms with Crippen molar-refractivity contribution >= 4 is 11.5 Å². The number of benzene rings is 1. The predicted molar refractivity (Wildman–Crippen MR) is 94.4 cm³/mol. The summed E-state index contributed by atoms with van der Waals surface area (Å²) in [6, 6.07) is 8.19. The highest BCUT2D eigenvalue weighted by molar-refractivity contribution is 5.82. The van der Waals surface area contributed by atoms with E-state index in [-0.39, 0.29) is 11.7 Å². The van der Waals surface area contributed by atoms with Crippen LogP contribution in [0.4, 0.5) is 5.69 Å². The molecule has 0 radical (unpaired) electrons. The predicted octanol–water partition coefficient (Wildman–Crippen LogP) is 2.43. The number of Topliss-reactive ketones (excluding diaryl/α,β-unsaturated/α-hetero) is 1. The van der Waals surface area contributed by atoms with E-state index >= 15 is 0 Å². The van der Waals surface area contributed by atoms with E-state index in [1.165, 1.54) is 0 Å². The Morgan fingerprint density at radius 1 is 1.33 bits per heavy atom. The third-order valence-electron chi connectivity index (χ3n) is 5.12. The number of H-pyrrole nitrogens is 1. The highest BCUT2D eigenvalue weighted by atomic mass is 16.3. The molecule has 1 heterocycles. The maximum absolute atomic E-state index is 12.4. The summed E-state index contributed by atoms with van der Waals surface area (Å²) in [5.74, 6) is -0.657. The summed E-state index contributed by atoms with van der Waals surface area (Å²) >= 11 is 0. The van der Waals surface area contributed by atoms with E-state index in [0.29, 0.717) is 6.42 Å². The maximum atomic E-state index is 12.4. The van der Waals surface area contributed by atoms with Gasteiger partial charge in [-0.1, -0.05) is 12.1 Å². The van der Waals surface area contributed by atoms with Crippen LogP contribution >= 0.6 is 0 Å². The summed E-state index contributed by atoms with van der Waals surface area (Å²) in [6.45, 7) is 5.29. The van der Waals surface area contributed by atoms with Gasteiger partial charge in [-0.15, -0.1) is 0 Å². The van der Waals surface area contributed by atoms with Gasteiger partial charge in [0.25, 0.3) is 0 Å². The number of hydrogen-bond acceptors (Lipinski definition) is 4. The molecule has 3 rings (SSSR count). The molecule has 24 heavy (non-hydrogen) atoms. The Balaban J connectivity index is 2.17. The van der Waals surface area contributed by atoms with Gasteiger partial charge in [-0.3, -0.25) is 9.89 Å². The van der Waals surface area contributed by atoms with E-state index in [4.69, 9.17) is 0 Å². The molecule has 5 heteroatoms. The second-order valence-electron chi connectivity index (χ2n) is 7.29. The Labute approximate surface area is 142 Å². The molecule has 0 aliphatic heterocycles. The average molecular weight is 327 g/mol. The molecular weight excluding hydrogens is 302 g/mol. The minimum Gasteiger partial charge on any atom is -0.389 e. The third kappa shape index (κ3) is 2.63. The van der Waals surface area contributed by atoms with E-state index in [1.54, 1.807) is 13.8 Å². The second-order valence-corrected chi connectivity index (χ2v) is 7.29. The van der Waals surface area contributed by atoms with Gasteiger partial charge in [-0.25, -0.2) is 0 Å². The van der Waals surface area contributed by atoms with Gasteiger partial charge in [-0.05, 0) is 38.5 Å². The van der Waals surface area contributed by atoms with Gasteiger partial charge >= 0.3 is 0 Å². The number of ketones is 1. The Morgan fingerprint density at radius 3 is 2.50 bits per heavy atom. The molecule has 0 fully saturated rings. The van der Waals surface area contributed by atoms with Crippen LogP contribution in [-0.4, -0.2) is 40.8 Å². The van der Waals surface area contributed by atoms with Crippen LogP contribution in [0, 0.1) is 12.8 Å². The highest BCUT2D eigenvalue weighted by Crippen LogP contribution is 2.46. The zero-order chi connectivity index (χ0) is 17.6. The molecule has 0 amide bonds. The van der Waals surface area contributed by atoms with Gasteiger partial charge in [-0.2, -0.15) is 5.10 Å². The number of aliphatic hydroxyl groups is 1. The van der Waals surface area contributed by atoms with Crippen molar-refractivity contribution in [2.45, 2.75) is 38.7 Å². The fourth-order valence-corrected chi connectivity index (χ4v) is 4.02.